The van der Waals surface area contributed by atoms with Gasteiger partial charge in [0.15, 0.2) is 0 Å². The minimum Gasteiger partial charge on any atom is -0.481 e. The summed E-state index contributed by atoms with van der Waals surface area (Å²) in [5, 5.41) is 3.34. The van der Waals surface area contributed by atoms with Gasteiger partial charge in [-0.1, -0.05) is 13.0 Å². The summed E-state index contributed by atoms with van der Waals surface area (Å²) in [6.07, 6.45) is 5.59. The van der Waals surface area contributed by atoms with Gasteiger partial charge in [-0.2, -0.15) is 0 Å². The molecule has 2 N–H and O–H groups in total. The third-order valence-corrected chi connectivity index (χ3v) is 2.80. The molecule has 0 fully saturated rings. The molecule has 0 atom stereocenters. The van der Waals surface area contributed by atoms with E-state index in [1.165, 1.54) is 0 Å². The molecule has 0 aliphatic heterocycles. The van der Waals surface area contributed by atoms with Crippen molar-refractivity contribution < 1.29 is 4.74 Å². The third kappa shape index (κ3) is 4.06. The Morgan fingerprint density at radius 2 is 2.16 bits per heavy atom. The van der Waals surface area contributed by atoms with Gasteiger partial charge in [0.25, 0.3) is 0 Å². The lowest BCUT2D eigenvalue weighted by Gasteiger charge is -2.01. The van der Waals surface area contributed by atoms with Gasteiger partial charge >= 0.3 is 0 Å². The Hall–Kier alpha value is -1.88. The maximum atomic E-state index is 5.04. The van der Waals surface area contributed by atoms with Crippen molar-refractivity contribution in [2.45, 2.75) is 26.3 Å². The highest BCUT2D eigenvalue weighted by atomic mass is 16.5. The van der Waals surface area contributed by atoms with Crippen molar-refractivity contribution in [3.63, 3.8) is 0 Å². The highest BCUT2D eigenvalue weighted by Gasteiger charge is 2.03. The highest BCUT2D eigenvalue weighted by molar-refractivity contribution is 5.21. The van der Waals surface area contributed by atoms with Crippen LogP contribution in [0, 0.1) is 0 Å². The first kappa shape index (κ1) is 13.5. The van der Waals surface area contributed by atoms with Crippen molar-refractivity contribution in [3.05, 3.63) is 41.6 Å². The smallest absolute Gasteiger partial charge is 0.212 e. The van der Waals surface area contributed by atoms with E-state index in [9.17, 15) is 0 Å². The van der Waals surface area contributed by atoms with Crippen LogP contribution in [0.3, 0.4) is 0 Å². The van der Waals surface area contributed by atoms with E-state index in [1.807, 2.05) is 24.5 Å². The molecule has 0 aliphatic rings. The van der Waals surface area contributed by atoms with Crippen LogP contribution >= 0.6 is 0 Å². The molecule has 0 unspecified atom stereocenters. The predicted octanol–water partition coefficient (Wildman–Crippen LogP) is 1.90. The molecule has 19 heavy (non-hydrogen) atoms. The largest absolute Gasteiger partial charge is 0.481 e. The lowest BCUT2D eigenvalue weighted by atomic mass is 10.2. The van der Waals surface area contributed by atoms with E-state index in [4.69, 9.17) is 4.74 Å². The van der Waals surface area contributed by atoms with Crippen LogP contribution in [0.1, 0.15) is 30.4 Å². The molecule has 2 aromatic heterocycles. The van der Waals surface area contributed by atoms with Crippen LogP contribution in [0.25, 0.3) is 0 Å². The van der Waals surface area contributed by atoms with E-state index in [0.717, 1.165) is 43.0 Å². The second kappa shape index (κ2) is 6.89. The van der Waals surface area contributed by atoms with Gasteiger partial charge in [0.05, 0.1) is 7.11 Å². The van der Waals surface area contributed by atoms with Gasteiger partial charge in [-0.3, -0.25) is 0 Å². The first-order valence-electron chi connectivity index (χ1n) is 6.54. The summed E-state index contributed by atoms with van der Waals surface area (Å²) in [6.45, 7) is 4.01. The molecule has 102 valence electrons. The number of nitrogens with one attached hydrogen (secondary N) is 2. The molecule has 2 rings (SSSR count). The fourth-order valence-corrected chi connectivity index (χ4v) is 1.81. The van der Waals surface area contributed by atoms with Gasteiger partial charge in [0.1, 0.15) is 5.82 Å². The van der Waals surface area contributed by atoms with Gasteiger partial charge in [0.2, 0.25) is 5.88 Å². The number of pyridine rings is 1. The molecule has 0 aromatic carbocycles. The highest BCUT2D eigenvalue weighted by Crippen LogP contribution is 2.10. The molecule has 5 heteroatoms. The monoisotopic (exact) mass is 260 g/mol. The van der Waals surface area contributed by atoms with Gasteiger partial charge in [-0.15, -0.1) is 0 Å². The molecule has 0 spiro atoms. The summed E-state index contributed by atoms with van der Waals surface area (Å²) < 4.78 is 5.04. The molecule has 0 saturated carbocycles. The van der Waals surface area contributed by atoms with Crippen LogP contribution in [0.4, 0.5) is 0 Å². The number of hydrogen-bond acceptors (Lipinski definition) is 4. The zero-order valence-corrected chi connectivity index (χ0v) is 11.4. The van der Waals surface area contributed by atoms with Crippen molar-refractivity contribution in [3.8, 4) is 5.88 Å². The summed E-state index contributed by atoms with van der Waals surface area (Å²) in [4.78, 5) is 11.9. The van der Waals surface area contributed by atoms with E-state index in [1.54, 1.807) is 7.11 Å². The molecular weight excluding hydrogens is 240 g/mol. The van der Waals surface area contributed by atoms with Crippen molar-refractivity contribution in [2.75, 3.05) is 13.7 Å². The number of hydrogen-bond donors (Lipinski definition) is 2. The first-order chi connectivity index (χ1) is 9.31. The Kier molecular flexibility index (Phi) is 4.92. The molecule has 2 aromatic rings. The Balaban J connectivity index is 1.91. The molecule has 2 heterocycles. The maximum Gasteiger partial charge on any atom is 0.212 e. The molecule has 0 aliphatic carbocycles. The zero-order valence-electron chi connectivity index (χ0n) is 11.4. The normalized spacial score (nSPS) is 10.6. The SMILES string of the molecule is CCCNCc1cnc(Cc2ccc(OC)nc2)[nH]1. The molecule has 5 nitrogen and oxygen atoms in total. The van der Waals surface area contributed by atoms with E-state index < -0.39 is 0 Å². The first-order valence-corrected chi connectivity index (χ1v) is 6.54. The summed E-state index contributed by atoms with van der Waals surface area (Å²) in [6, 6.07) is 3.87. The van der Waals surface area contributed by atoms with Crippen molar-refractivity contribution in [2.24, 2.45) is 0 Å². The Bertz CT molecular complexity index is 492. The summed E-state index contributed by atoms with van der Waals surface area (Å²) >= 11 is 0. The summed E-state index contributed by atoms with van der Waals surface area (Å²) in [5.74, 6) is 1.59. The van der Waals surface area contributed by atoms with Gasteiger partial charge < -0.3 is 15.0 Å². The second-order valence-electron chi connectivity index (χ2n) is 4.42. The summed E-state index contributed by atoms with van der Waals surface area (Å²) in [5.41, 5.74) is 2.23. The van der Waals surface area contributed by atoms with E-state index >= 15 is 0 Å². The lowest BCUT2D eigenvalue weighted by molar-refractivity contribution is 0.397. The van der Waals surface area contributed by atoms with Crippen LogP contribution < -0.4 is 10.1 Å². The van der Waals surface area contributed by atoms with E-state index in [2.05, 4.69) is 27.2 Å². The van der Waals surface area contributed by atoms with Crippen LogP contribution in [-0.2, 0) is 13.0 Å². The van der Waals surface area contributed by atoms with E-state index in [-0.39, 0.29) is 0 Å². The fourth-order valence-electron chi connectivity index (χ4n) is 1.81. The third-order valence-electron chi connectivity index (χ3n) is 2.80. The van der Waals surface area contributed by atoms with Gasteiger partial charge in [0, 0.05) is 37.1 Å². The minimum absolute atomic E-state index is 0.632. The number of imidazole rings is 1. The number of H-pyrrole nitrogens is 1. The number of ether oxygens (including phenoxy) is 1. The number of rotatable bonds is 7. The van der Waals surface area contributed by atoms with Crippen molar-refractivity contribution in [1.82, 2.24) is 20.3 Å². The Morgan fingerprint density at radius 3 is 2.84 bits per heavy atom. The average molecular weight is 260 g/mol. The molecule has 0 amide bonds. The predicted molar refractivity (Wildman–Crippen MR) is 74.2 cm³/mol. The van der Waals surface area contributed by atoms with Crippen LogP contribution in [0.2, 0.25) is 0 Å². The van der Waals surface area contributed by atoms with Crippen molar-refractivity contribution >= 4 is 0 Å². The van der Waals surface area contributed by atoms with Crippen LogP contribution in [0.15, 0.2) is 24.5 Å². The average Bonchev–Trinajstić information content (AvgIpc) is 2.88. The fraction of sp³-hybridized carbons (Fsp3) is 0.429. The lowest BCUT2D eigenvalue weighted by Crippen LogP contribution is -2.13. The van der Waals surface area contributed by atoms with E-state index in [0.29, 0.717) is 5.88 Å². The topological polar surface area (TPSA) is 62.8 Å². The molecule has 0 radical (unpaired) electrons. The number of methoxy groups -OCH3 is 1. The standard InChI is InChI=1S/C14H20N4O/c1-3-6-15-9-12-10-16-13(18-12)7-11-4-5-14(19-2)17-8-11/h4-5,8,10,15H,3,6-7,9H2,1-2H3,(H,16,18). The number of aromatic amines is 1. The molecular formula is C14H20N4O. The van der Waals surface area contributed by atoms with Gasteiger partial charge in [-0.25, -0.2) is 9.97 Å². The second-order valence-corrected chi connectivity index (χ2v) is 4.42. The minimum atomic E-state index is 0.632. The zero-order chi connectivity index (χ0) is 13.5. The van der Waals surface area contributed by atoms with Crippen LogP contribution in [0.5, 0.6) is 5.88 Å². The summed E-state index contributed by atoms with van der Waals surface area (Å²) in [7, 11) is 1.62. The maximum absolute atomic E-state index is 5.04. The van der Waals surface area contributed by atoms with Gasteiger partial charge in [-0.05, 0) is 18.5 Å². The van der Waals surface area contributed by atoms with Crippen molar-refractivity contribution in [1.29, 1.82) is 0 Å². The molecule has 0 saturated heterocycles. The Morgan fingerprint density at radius 1 is 1.26 bits per heavy atom. The molecule has 0 bridgehead atoms. The number of nitrogens with zero attached hydrogens (tertiary/aromatic N) is 2. The quantitative estimate of drug-likeness (QED) is 0.746. The Labute approximate surface area is 113 Å². The number of aromatic nitrogens is 3. The van der Waals surface area contributed by atoms with Crippen LogP contribution in [-0.4, -0.2) is 28.6 Å².